The van der Waals surface area contributed by atoms with Gasteiger partial charge in [0, 0.05) is 34.7 Å². The second-order valence-electron chi connectivity index (χ2n) is 5.79. The van der Waals surface area contributed by atoms with Gasteiger partial charge >= 0.3 is 0 Å². The highest BCUT2D eigenvalue weighted by atomic mass is 35.5. The molecule has 0 atom stereocenters. The maximum absolute atomic E-state index is 6.41. The minimum absolute atomic E-state index is 0.488. The summed E-state index contributed by atoms with van der Waals surface area (Å²) in [6.45, 7) is 1.09. The molecule has 0 bridgehead atoms. The molecule has 0 amide bonds. The standard InChI is InChI=1S/C20H17ClN2O2/c1-24-8-9-25-15-6-7-18-14(10-15)12-19(22-18)16-11-13-4-2-3-5-17(13)23-20(16)21/h2-7,10-12,22H,8-9H2,1H3. The van der Waals surface area contributed by atoms with Gasteiger partial charge in [0.2, 0.25) is 0 Å². The number of H-pyrrole nitrogens is 1. The van der Waals surface area contributed by atoms with E-state index in [0.29, 0.717) is 18.4 Å². The number of hydrogen-bond acceptors (Lipinski definition) is 3. The minimum Gasteiger partial charge on any atom is -0.491 e. The third kappa shape index (κ3) is 3.18. The Labute approximate surface area is 150 Å². The molecule has 2 heterocycles. The van der Waals surface area contributed by atoms with E-state index in [1.165, 1.54) is 0 Å². The molecule has 0 aliphatic rings. The Hall–Kier alpha value is -2.56. The molecule has 0 aliphatic heterocycles. The van der Waals surface area contributed by atoms with E-state index in [1.54, 1.807) is 7.11 Å². The number of para-hydroxylation sites is 1. The van der Waals surface area contributed by atoms with Gasteiger partial charge in [-0.1, -0.05) is 29.8 Å². The summed E-state index contributed by atoms with van der Waals surface area (Å²) in [4.78, 5) is 7.90. The van der Waals surface area contributed by atoms with Crippen LogP contribution in [-0.2, 0) is 4.74 Å². The summed E-state index contributed by atoms with van der Waals surface area (Å²) in [7, 11) is 1.66. The van der Waals surface area contributed by atoms with Crippen LogP contribution in [0.5, 0.6) is 5.75 Å². The normalized spacial score (nSPS) is 11.3. The number of ether oxygens (including phenoxy) is 2. The molecule has 25 heavy (non-hydrogen) atoms. The average molecular weight is 353 g/mol. The highest BCUT2D eigenvalue weighted by molar-refractivity contribution is 6.32. The minimum atomic E-state index is 0.488. The molecule has 1 N–H and O–H groups in total. The molecule has 0 radical (unpaired) electrons. The first-order valence-corrected chi connectivity index (χ1v) is 8.42. The van der Waals surface area contributed by atoms with E-state index in [0.717, 1.165) is 38.8 Å². The molecule has 2 aromatic carbocycles. The van der Waals surface area contributed by atoms with E-state index in [9.17, 15) is 0 Å². The Morgan fingerprint density at radius 1 is 1.00 bits per heavy atom. The number of halogens is 1. The van der Waals surface area contributed by atoms with Crippen molar-refractivity contribution in [3.8, 4) is 17.0 Å². The summed E-state index contributed by atoms with van der Waals surface area (Å²) in [6, 6.07) is 18.0. The molecule has 4 nitrogen and oxygen atoms in total. The Kier molecular flexibility index (Phi) is 4.30. The van der Waals surface area contributed by atoms with Crippen molar-refractivity contribution >= 4 is 33.4 Å². The highest BCUT2D eigenvalue weighted by Gasteiger charge is 2.10. The van der Waals surface area contributed by atoms with Crippen LogP contribution in [0.3, 0.4) is 0 Å². The molecule has 0 unspecified atom stereocenters. The van der Waals surface area contributed by atoms with Crippen LogP contribution >= 0.6 is 11.6 Å². The van der Waals surface area contributed by atoms with Gasteiger partial charge in [0.15, 0.2) is 0 Å². The van der Waals surface area contributed by atoms with Gasteiger partial charge in [-0.15, -0.1) is 0 Å². The average Bonchev–Trinajstić information content (AvgIpc) is 3.04. The molecule has 2 aromatic heterocycles. The van der Waals surface area contributed by atoms with Crippen molar-refractivity contribution in [3.05, 3.63) is 59.8 Å². The number of aromatic amines is 1. The van der Waals surface area contributed by atoms with E-state index in [1.807, 2.05) is 42.5 Å². The van der Waals surface area contributed by atoms with Crippen LogP contribution in [0.4, 0.5) is 0 Å². The number of fused-ring (bicyclic) bond motifs is 2. The van der Waals surface area contributed by atoms with Crippen LogP contribution in [0, 0.1) is 0 Å². The van der Waals surface area contributed by atoms with E-state index in [2.05, 4.69) is 22.1 Å². The van der Waals surface area contributed by atoms with Gasteiger partial charge in [0.1, 0.15) is 17.5 Å². The lowest BCUT2D eigenvalue weighted by Crippen LogP contribution is -2.03. The fraction of sp³-hybridized carbons (Fsp3) is 0.150. The quantitative estimate of drug-likeness (QED) is 0.403. The van der Waals surface area contributed by atoms with Crippen molar-refractivity contribution in [2.45, 2.75) is 0 Å². The second kappa shape index (κ2) is 6.75. The first-order chi connectivity index (χ1) is 12.2. The van der Waals surface area contributed by atoms with E-state index in [4.69, 9.17) is 21.1 Å². The molecule has 0 spiro atoms. The molecule has 0 saturated carbocycles. The van der Waals surface area contributed by atoms with Crippen LogP contribution in [-0.4, -0.2) is 30.3 Å². The van der Waals surface area contributed by atoms with Crippen molar-refractivity contribution < 1.29 is 9.47 Å². The van der Waals surface area contributed by atoms with E-state index in [-0.39, 0.29) is 0 Å². The zero-order valence-electron chi connectivity index (χ0n) is 13.8. The van der Waals surface area contributed by atoms with Crippen molar-refractivity contribution in [3.63, 3.8) is 0 Å². The first-order valence-electron chi connectivity index (χ1n) is 8.05. The molecule has 126 valence electrons. The summed E-state index contributed by atoms with van der Waals surface area (Å²) < 4.78 is 10.7. The predicted molar refractivity (Wildman–Crippen MR) is 101 cm³/mol. The highest BCUT2D eigenvalue weighted by Crippen LogP contribution is 2.32. The lowest BCUT2D eigenvalue weighted by molar-refractivity contribution is 0.146. The van der Waals surface area contributed by atoms with Crippen LogP contribution in [0.1, 0.15) is 0 Å². The maximum atomic E-state index is 6.41. The molecule has 0 fully saturated rings. The topological polar surface area (TPSA) is 47.1 Å². The maximum Gasteiger partial charge on any atom is 0.139 e. The van der Waals surface area contributed by atoms with Crippen molar-refractivity contribution in [1.29, 1.82) is 0 Å². The molecule has 0 aliphatic carbocycles. The van der Waals surface area contributed by atoms with Gasteiger partial charge in [-0.3, -0.25) is 0 Å². The van der Waals surface area contributed by atoms with Crippen molar-refractivity contribution in [2.24, 2.45) is 0 Å². The second-order valence-corrected chi connectivity index (χ2v) is 6.15. The summed E-state index contributed by atoms with van der Waals surface area (Å²) >= 11 is 6.41. The van der Waals surface area contributed by atoms with Gasteiger partial charge in [-0.2, -0.15) is 0 Å². The molecule has 4 aromatic rings. The smallest absolute Gasteiger partial charge is 0.139 e. The van der Waals surface area contributed by atoms with Crippen molar-refractivity contribution in [2.75, 3.05) is 20.3 Å². The van der Waals surface area contributed by atoms with E-state index < -0.39 is 0 Å². The Morgan fingerprint density at radius 2 is 1.88 bits per heavy atom. The third-order valence-electron chi connectivity index (χ3n) is 4.12. The van der Waals surface area contributed by atoms with Gasteiger partial charge in [0.05, 0.1) is 12.1 Å². The number of methoxy groups -OCH3 is 1. The summed E-state index contributed by atoms with van der Waals surface area (Å²) in [5.41, 5.74) is 3.74. The molecular formula is C20H17ClN2O2. The van der Waals surface area contributed by atoms with E-state index >= 15 is 0 Å². The first kappa shape index (κ1) is 15.9. The molecule has 5 heteroatoms. The zero-order valence-corrected chi connectivity index (χ0v) is 14.5. The molecule has 4 rings (SSSR count). The fourth-order valence-electron chi connectivity index (χ4n) is 2.87. The number of aromatic nitrogens is 2. The van der Waals surface area contributed by atoms with Gasteiger partial charge in [0.25, 0.3) is 0 Å². The van der Waals surface area contributed by atoms with Crippen LogP contribution in [0.2, 0.25) is 5.15 Å². The fourth-order valence-corrected chi connectivity index (χ4v) is 3.12. The van der Waals surface area contributed by atoms with Crippen LogP contribution < -0.4 is 4.74 Å². The summed E-state index contributed by atoms with van der Waals surface area (Å²) in [5, 5.41) is 2.61. The largest absolute Gasteiger partial charge is 0.491 e. The van der Waals surface area contributed by atoms with Crippen LogP contribution in [0.15, 0.2) is 54.6 Å². The Morgan fingerprint density at radius 3 is 2.76 bits per heavy atom. The van der Waals surface area contributed by atoms with Gasteiger partial charge < -0.3 is 14.5 Å². The SMILES string of the molecule is COCCOc1ccc2[nH]c(-c3cc4ccccc4nc3Cl)cc2c1. The Balaban J connectivity index is 1.73. The van der Waals surface area contributed by atoms with Gasteiger partial charge in [-0.05, 0) is 36.4 Å². The lowest BCUT2D eigenvalue weighted by Gasteiger charge is -2.04. The Bertz CT molecular complexity index is 1040. The molecule has 0 saturated heterocycles. The van der Waals surface area contributed by atoms with Crippen LogP contribution in [0.25, 0.3) is 33.1 Å². The number of benzene rings is 2. The number of pyridine rings is 1. The van der Waals surface area contributed by atoms with Gasteiger partial charge in [-0.25, -0.2) is 4.98 Å². The third-order valence-corrected chi connectivity index (χ3v) is 4.40. The lowest BCUT2D eigenvalue weighted by atomic mass is 10.1. The number of rotatable bonds is 5. The zero-order chi connectivity index (χ0) is 17.2. The predicted octanol–water partition coefficient (Wildman–Crippen LogP) is 5.06. The number of nitrogens with one attached hydrogen (secondary N) is 1. The summed E-state index contributed by atoms with van der Waals surface area (Å²) in [6.07, 6.45) is 0. The summed E-state index contributed by atoms with van der Waals surface area (Å²) in [5.74, 6) is 0.817. The monoisotopic (exact) mass is 352 g/mol. The van der Waals surface area contributed by atoms with Crippen molar-refractivity contribution in [1.82, 2.24) is 9.97 Å². The number of nitrogens with zero attached hydrogens (tertiary/aromatic N) is 1. The number of hydrogen-bond donors (Lipinski definition) is 1. The molecular weight excluding hydrogens is 336 g/mol.